The monoisotopic (exact) mass is 193 g/mol. The maximum Gasteiger partial charge on any atom is 0.00413 e. The van der Waals surface area contributed by atoms with Gasteiger partial charge in [0, 0.05) is 6.04 Å². The van der Waals surface area contributed by atoms with Crippen LogP contribution in [0.25, 0.3) is 0 Å². The van der Waals surface area contributed by atoms with Crippen molar-refractivity contribution in [1.29, 1.82) is 0 Å². The Kier molecular flexibility index (Phi) is 4.95. The summed E-state index contributed by atoms with van der Waals surface area (Å²) in [6.07, 6.45) is 8.33. The Balaban J connectivity index is 2.27. The van der Waals surface area contributed by atoms with Crippen LogP contribution in [0.15, 0.2) is 24.8 Å². The SMILES string of the molecule is C=CC(=C)CCC1CCCNC(C)C1. The van der Waals surface area contributed by atoms with Gasteiger partial charge in [0.2, 0.25) is 0 Å². The summed E-state index contributed by atoms with van der Waals surface area (Å²) in [6.45, 7) is 11.2. The fourth-order valence-electron chi connectivity index (χ4n) is 2.19. The molecule has 0 amide bonds. The van der Waals surface area contributed by atoms with Gasteiger partial charge in [-0.3, -0.25) is 0 Å². The summed E-state index contributed by atoms with van der Waals surface area (Å²) in [7, 11) is 0. The maximum atomic E-state index is 3.97. The molecule has 0 aromatic heterocycles. The van der Waals surface area contributed by atoms with E-state index in [1.165, 1.54) is 37.8 Å². The van der Waals surface area contributed by atoms with Gasteiger partial charge in [-0.25, -0.2) is 0 Å². The number of hydrogen-bond donors (Lipinski definition) is 1. The molecule has 2 unspecified atom stereocenters. The lowest BCUT2D eigenvalue weighted by Gasteiger charge is -2.16. The highest BCUT2D eigenvalue weighted by Gasteiger charge is 2.16. The van der Waals surface area contributed by atoms with Gasteiger partial charge in [-0.2, -0.15) is 0 Å². The van der Waals surface area contributed by atoms with Crippen molar-refractivity contribution in [2.75, 3.05) is 6.54 Å². The van der Waals surface area contributed by atoms with Crippen LogP contribution in [0.2, 0.25) is 0 Å². The molecule has 1 saturated heterocycles. The third-order valence-corrected chi connectivity index (χ3v) is 3.13. The zero-order valence-corrected chi connectivity index (χ0v) is 9.39. The van der Waals surface area contributed by atoms with Crippen LogP contribution in [0.3, 0.4) is 0 Å². The van der Waals surface area contributed by atoms with Crippen LogP contribution < -0.4 is 5.32 Å². The molecule has 0 aromatic rings. The number of nitrogens with one attached hydrogen (secondary N) is 1. The molecule has 1 aliphatic rings. The first kappa shape index (κ1) is 11.5. The first-order chi connectivity index (χ1) is 6.72. The molecule has 0 aromatic carbocycles. The topological polar surface area (TPSA) is 12.0 Å². The van der Waals surface area contributed by atoms with Gasteiger partial charge in [0.05, 0.1) is 0 Å². The summed E-state index contributed by atoms with van der Waals surface area (Å²) in [5, 5.41) is 3.53. The average molecular weight is 193 g/mol. The predicted molar refractivity (Wildman–Crippen MR) is 63.4 cm³/mol. The van der Waals surface area contributed by atoms with Crippen molar-refractivity contribution in [2.24, 2.45) is 5.92 Å². The third-order valence-electron chi connectivity index (χ3n) is 3.13. The van der Waals surface area contributed by atoms with E-state index in [4.69, 9.17) is 0 Å². The fourth-order valence-corrected chi connectivity index (χ4v) is 2.19. The highest BCUT2D eigenvalue weighted by molar-refractivity contribution is 5.10. The molecular weight excluding hydrogens is 170 g/mol. The van der Waals surface area contributed by atoms with Crippen LogP contribution >= 0.6 is 0 Å². The Morgan fingerprint density at radius 1 is 1.57 bits per heavy atom. The molecule has 1 heteroatoms. The van der Waals surface area contributed by atoms with Crippen molar-refractivity contribution >= 4 is 0 Å². The van der Waals surface area contributed by atoms with Crippen molar-refractivity contribution < 1.29 is 0 Å². The summed E-state index contributed by atoms with van der Waals surface area (Å²) in [4.78, 5) is 0. The summed E-state index contributed by atoms with van der Waals surface area (Å²) in [5.41, 5.74) is 1.19. The number of allylic oxidation sites excluding steroid dienone is 2. The van der Waals surface area contributed by atoms with Crippen LogP contribution in [0.4, 0.5) is 0 Å². The molecule has 1 rings (SSSR count). The lowest BCUT2D eigenvalue weighted by molar-refractivity contribution is 0.403. The molecule has 14 heavy (non-hydrogen) atoms. The maximum absolute atomic E-state index is 3.97. The lowest BCUT2D eigenvalue weighted by atomic mass is 9.91. The van der Waals surface area contributed by atoms with Gasteiger partial charge in [-0.05, 0) is 51.5 Å². The van der Waals surface area contributed by atoms with Crippen molar-refractivity contribution in [1.82, 2.24) is 5.32 Å². The van der Waals surface area contributed by atoms with Crippen molar-refractivity contribution in [3.05, 3.63) is 24.8 Å². The van der Waals surface area contributed by atoms with Crippen LogP contribution in [-0.4, -0.2) is 12.6 Å². The molecule has 1 nitrogen and oxygen atoms in total. The number of hydrogen-bond acceptors (Lipinski definition) is 1. The van der Waals surface area contributed by atoms with Crippen LogP contribution in [0, 0.1) is 5.92 Å². The highest BCUT2D eigenvalue weighted by Crippen LogP contribution is 2.23. The first-order valence-electron chi connectivity index (χ1n) is 5.76. The molecule has 1 N–H and O–H groups in total. The van der Waals surface area contributed by atoms with Gasteiger partial charge in [0.15, 0.2) is 0 Å². The summed E-state index contributed by atoms with van der Waals surface area (Å²) in [5.74, 6) is 0.886. The minimum absolute atomic E-state index is 0.694. The van der Waals surface area contributed by atoms with Crippen LogP contribution in [-0.2, 0) is 0 Å². The summed E-state index contributed by atoms with van der Waals surface area (Å²) < 4.78 is 0. The Labute approximate surface area is 88.3 Å². The normalized spacial score (nSPS) is 28.1. The molecule has 0 saturated carbocycles. The second-order valence-corrected chi connectivity index (χ2v) is 4.50. The van der Waals surface area contributed by atoms with E-state index in [0.29, 0.717) is 6.04 Å². The largest absolute Gasteiger partial charge is 0.314 e. The molecule has 0 aliphatic carbocycles. The molecule has 1 fully saturated rings. The summed E-state index contributed by atoms with van der Waals surface area (Å²) >= 11 is 0. The summed E-state index contributed by atoms with van der Waals surface area (Å²) in [6, 6.07) is 0.694. The average Bonchev–Trinajstić information content (AvgIpc) is 2.39. The Bertz CT molecular complexity index is 195. The molecule has 0 radical (unpaired) electrons. The zero-order valence-electron chi connectivity index (χ0n) is 9.39. The van der Waals surface area contributed by atoms with Gasteiger partial charge in [0.1, 0.15) is 0 Å². The molecule has 80 valence electrons. The smallest absolute Gasteiger partial charge is 0.00413 e. The lowest BCUT2D eigenvalue weighted by Crippen LogP contribution is -2.25. The van der Waals surface area contributed by atoms with Gasteiger partial charge < -0.3 is 5.32 Å². The second kappa shape index (κ2) is 6.02. The molecule has 1 aliphatic heterocycles. The third kappa shape index (κ3) is 4.10. The quantitative estimate of drug-likeness (QED) is 0.676. The predicted octanol–water partition coefficient (Wildman–Crippen LogP) is 3.29. The van der Waals surface area contributed by atoms with E-state index >= 15 is 0 Å². The molecule has 2 atom stereocenters. The molecule has 0 spiro atoms. The van der Waals surface area contributed by atoms with E-state index < -0.39 is 0 Å². The molecule has 1 heterocycles. The van der Waals surface area contributed by atoms with Crippen LogP contribution in [0.5, 0.6) is 0 Å². The molecular formula is C13H23N. The van der Waals surface area contributed by atoms with E-state index in [2.05, 4.69) is 25.4 Å². The van der Waals surface area contributed by atoms with Gasteiger partial charge in [0.25, 0.3) is 0 Å². The highest BCUT2D eigenvalue weighted by atomic mass is 14.9. The Morgan fingerprint density at radius 3 is 3.07 bits per heavy atom. The number of rotatable bonds is 4. The van der Waals surface area contributed by atoms with E-state index in [9.17, 15) is 0 Å². The van der Waals surface area contributed by atoms with Crippen molar-refractivity contribution in [3.63, 3.8) is 0 Å². The van der Waals surface area contributed by atoms with Gasteiger partial charge in [-0.15, -0.1) is 0 Å². The zero-order chi connectivity index (χ0) is 10.4. The Morgan fingerprint density at radius 2 is 2.36 bits per heavy atom. The fraction of sp³-hybridized carbons (Fsp3) is 0.692. The minimum Gasteiger partial charge on any atom is -0.314 e. The van der Waals surface area contributed by atoms with Crippen molar-refractivity contribution in [3.8, 4) is 0 Å². The minimum atomic E-state index is 0.694. The molecule has 0 bridgehead atoms. The second-order valence-electron chi connectivity index (χ2n) is 4.50. The van der Waals surface area contributed by atoms with Gasteiger partial charge >= 0.3 is 0 Å². The van der Waals surface area contributed by atoms with Crippen molar-refractivity contribution in [2.45, 2.75) is 45.1 Å². The first-order valence-corrected chi connectivity index (χ1v) is 5.76. The Hall–Kier alpha value is -0.560. The van der Waals surface area contributed by atoms with E-state index in [1.54, 1.807) is 0 Å². The van der Waals surface area contributed by atoms with E-state index in [-0.39, 0.29) is 0 Å². The standard InChI is InChI=1S/C13H23N/c1-4-11(2)7-8-13-6-5-9-14-12(3)10-13/h4,12-14H,1-2,5-10H2,3H3. The van der Waals surface area contributed by atoms with E-state index in [0.717, 1.165) is 12.3 Å². The van der Waals surface area contributed by atoms with Crippen LogP contribution in [0.1, 0.15) is 39.0 Å². The van der Waals surface area contributed by atoms with E-state index in [1.807, 2.05) is 6.08 Å². The van der Waals surface area contributed by atoms with Gasteiger partial charge in [-0.1, -0.05) is 24.8 Å².